The van der Waals surface area contributed by atoms with Gasteiger partial charge < -0.3 is 9.84 Å². The summed E-state index contributed by atoms with van der Waals surface area (Å²) >= 11 is 8.28. The van der Waals surface area contributed by atoms with Crippen LogP contribution in [-0.4, -0.2) is 33.6 Å². The third kappa shape index (κ3) is 6.22. The molecular weight excluding hydrogens is 596 g/mol. The first kappa shape index (κ1) is 25.2. The monoisotopic (exact) mass is 614 g/mol. The molecule has 0 saturated carbocycles. The number of ether oxygens (including phenoxy) is 1. The van der Waals surface area contributed by atoms with Crippen LogP contribution in [0.5, 0.6) is 5.75 Å². The molecule has 0 bridgehead atoms. The second kappa shape index (κ2) is 11.2. The lowest BCUT2D eigenvalue weighted by Gasteiger charge is -2.12. The Bertz CT molecular complexity index is 1320. The number of carbonyl (C=O) groups excluding carboxylic acids is 1. The summed E-state index contributed by atoms with van der Waals surface area (Å²) < 4.78 is 7.74. The van der Waals surface area contributed by atoms with E-state index in [1.54, 1.807) is 17.0 Å². The minimum atomic E-state index is -0.995. The Hall–Kier alpha value is -2.88. The summed E-state index contributed by atoms with van der Waals surface area (Å²) in [5, 5.41) is 9.62. The van der Waals surface area contributed by atoms with Crippen molar-refractivity contribution in [3.8, 4) is 5.75 Å². The number of likely N-dealkylation sites (N-methyl/N-ethyl adjacent to an activating group) is 1. The number of carboxylic acids is 1. The molecule has 0 unspecified atom stereocenters. The lowest BCUT2D eigenvalue weighted by atomic mass is 10.2. The van der Waals surface area contributed by atoms with E-state index in [-0.39, 0.29) is 11.5 Å². The Morgan fingerprint density at radius 3 is 2.43 bits per heavy atom. The molecule has 3 aromatic carbocycles. The van der Waals surface area contributed by atoms with Crippen LogP contribution >= 0.6 is 43.6 Å². The summed E-state index contributed by atoms with van der Waals surface area (Å²) in [4.78, 5) is 30.7. The maximum atomic E-state index is 13.0. The zero-order chi connectivity index (χ0) is 24.9. The van der Waals surface area contributed by atoms with E-state index in [1.165, 1.54) is 23.9 Å². The molecule has 1 aliphatic heterocycles. The second-order valence-corrected chi connectivity index (χ2v) is 10.3. The number of carbonyl (C=O) groups is 2. The predicted octanol–water partition coefficient (Wildman–Crippen LogP) is 7.11. The Labute approximate surface area is 224 Å². The maximum Gasteiger partial charge on any atom is 0.335 e. The maximum absolute atomic E-state index is 13.0. The average Bonchev–Trinajstić information content (AvgIpc) is 3.13. The molecule has 0 radical (unpaired) electrons. The van der Waals surface area contributed by atoms with Gasteiger partial charge in [0.25, 0.3) is 5.91 Å². The highest BCUT2D eigenvalue weighted by Crippen LogP contribution is 2.35. The van der Waals surface area contributed by atoms with E-state index >= 15 is 0 Å². The molecule has 4 rings (SSSR count). The first-order valence-corrected chi connectivity index (χ1v) is 13.0. The molecule has 1 saturated heterocycles. The van der Waals surface area contributed by atoms with Crippen LogP contribution in [0.2, 0.25) is 0 Å². The molecule has 0 aliphatic carbocycles. The fourth-order valence-corrected chi connectivity index (χ4v) is 5.11. The molecule has 35 heavy (non-hydrogen) atoms. The van der Waals surface area contributed by atoms with Crippen LogP contribution < -0.4 is 4.74 Å². The lowest BCUT2D eigenvalue weighted by Crippen LogP contribution is -2.28. The number of thioether (sulfide) groups is 1. The van der Waals surface area contributed by atoms with Crippen molar-refractivity contribution in [1.82, 2.24) is 4.90 Å². The van der Waals surface area contributed by atoms with Crippen LogP contribution in [0, 0.1) is 0 Å². The summed E-state index contributed by atoms with van der Waals surface area (Å²) in [6.07, 6.45) is 1.83. The van der Waals surface area contributed by atoms with E-state index in [9.17, 15) is 9.59 Å². The van der Waals surface area contributed by atoms with Crippen molar-refractivity contribution in [2.24, 2.45) is 4.99 Å². The van der Waals surface area contributed by atoms with Crippen molar-refractivity contribution >= 4 is 72.4 Å². The number of amides is 1. The molecule has 178 valence electrons. The second-order valence-electron chi connectivity index (χ2n) is 7.51. The molecule has 1 N–H and O–H groups in total. The van der Waals surface area contributed by atoms with E-state index in [2.05, 4.69) is 36.9 Å². The fraction of sp³-hybridized carbons (Fsp3) is 0.115. The number of carboxylic acid groups (broad SMARTS) is 1. The molecule has 1 aliphatic rings. The molecular formula is C26H20Br2N2O4S. The van der Waals surface area contributed by atoms with Gasteiger partial charge in [-0.2, -0.15) is 0 Å². The van der Waals surface area contributed by atoms with Gasteiger partial charge in [0.1, 0.15) is 12.4 Å². The van der Waals surface area contributed by atoms with Crippen molar-refractivity contribution in [1.29, 1.82) is 0 Å². The third-order valence-corrected chi connectivity index (χ3v) is 7.26. The summed E-state index contributed by atoms with van der Waals surface area (Å²) in [6, 6.07) is 19.9. The number of benzene rings is 3. The van der Waals surface area contributed by atoms with Crippen LogP contribution in [0.4, 0.5) is 5.69 Å². The SMILES string of the molecule is CCN1C(=O)/C(=C\c2ccc(OCc3ccc(Br)cc3)c(Br)c2)SC1=Nc1ccc(C(=O)O)cc1. The van der Waals surface area contributed by atoms with E-state index in [1.807, 2.05) is 55.5 Å². The summed E-state index contributed by atoms with van der Waals surface area (Å²) in [5.74, 6) is -0.404. The molecule has 1 heterocycles. The van der Waals surface area contributed by atoms with E-state index in [0.29, 0.717) is 34.7 Å². The highest BCUT2D eigenvalue weighted by molar-refractivity contribution is 9.10. The number of hydrogen-bond acceptors (Lipinski definition) is 5. The quantitative estimate of drug-likeness (QED) is 0.287. The Kier molecular flexibility index (Phi) is 8.10. The molecule has 9 heteroatoms. The average molecular weight is 616 g/mol. The van der Waals surface area contributed by atoms with Crippen LogP contribution in [0.3, 0.4) is 0 Å². The number of amidine groups is 1. The van der Waals surface area contributed by atoms with Gasteiger partial charge in [-0.1, -0.05) is 34.1 Å². The van der Waals surface area contributed by atoms with E-state index in [0.717, 1.165) is 20.1 Å². The highest BCUT2D eigenvalue weighted by Gasteiger charge is 2.32. The van der Waals surface area contributed by atoms with E-state index in [4.69, 9.17) is 9.84 Å². The number of nitrogens with zero attached hydrogens (tertiary/aromatic N) is 2. The van der Waals surface area contributed by atoms with Crippen LogP contribution in [0.25, 0.3) is 6.08 Å². The van der Waals surface area contributed by atoms with Gasteiger partial charge in [-0.3, -0.25) is 9.69 Å². The molecule has 0 spiro atoms. The minimum Gasteiger partial charge on any atom is -0.488 e. The summed E-state index contributed by atoms with van der Waals surface area (Å²) in [7, 11) is 0. The molecule has 0 atom stereocenters. The molecule has 6 nitrogen and oxygen atoms in total. The number of hydrogen-bond donors (Lipinski definition) is 1. The lowest BCUT2D eigenvalue weighted by molar-refractivity contribution is -0.122. The standard InChI is InChI=1S/C26H20Br2N2O4S/c1-2-30-24(31)23(35-26(30)29-20-10-6-18(7-11-20)25(32)33)14-17-5-12-22(21(28)13-17)34-15-16-3-8-19(27)9-4-16/h3-14H,2,15H2,1H3,(H,32,33)/b23-14+,29-26?. The first-order valence-electron chi connectivity index (χ1n) is 10.6. The van der Waals surface area contributed by atoms with Crippen molar-refractivity contribution in [3.63, 3.8) is 0 Å². The van der Waals surface area contributed by atoms with Gasteiger partial charge in [-0.15, -0.1) is 0 Å². The van der Waals surface area contributed by atoms with Gasteiger partial charge in [0.2, 0.25) is 0 Å². The van der Waals surface area contributed by atoms with E-state index < -0.39 is 5.97 Å². The predicted molar refractivity (Wildman–Crippen MR) is 146 cm³/mol. The molecule has 0 aromatic heterocycles. The Balaban J connectivity index is 1.50. The van der Waals surface area contributed by atoms with Crippen molar-refractivity contribution < 1.29 is 19.4 Å². The smallest absolute Gasteiger partial charge is 0.335 e. The Morgan fingerprint density at radius 2 is 1.80 bits per heavy atom. The molecule has 1 amide bonds. The number of aromatic carboxylic acids is 1. The van der Waals surface area contributed by atoms with Gasteiger partial charge in [0.15, 0.2) is 5.17 Å². The van der Waals surface area contributed by atoms with Crippen molar-refractivity contribution in [3.05, 3.63) is 97.3 Å². The van der Waals surface area contributed by atoms with Crippen LogP contribution in [0.15, 0.2) is 85.6 Å². The van der Waals surface area contributed by atoms with Crippen LogP contribution in [0.1, 0.15) is 28.4 Å². The largest absolute Gasteiger partial charge is 0.488 e. The summed E-state index contributed by atoms with van der Waals surface area (Å²) in [6.45, 7) is 2.81. The summed E-state index contributed by atoms with van der Waals surface area (Å²) in [5.41, 5.74) is 2.68. The molecule has 1 fully saturated rings. The first-order chi connectivity index (χ1) is 16.8. The zero-order valence-corrected chi connectivity index (χ0v) is 22.6. The third-order valence-electron chi connectivity index (χ3n) is 5.10. The van der Waals surface area contributed by atoms with Crippen LogP contribution in [-0.2, 0) is 11.4 Å². The number of rotatable bonds is 7. The van der Waals surface area contributed by atoms with Gasteiger partial charge in [-0.05, 0) is 100 Å². The fourth-order valence-electron chi connectivity index (χ4n) is 3.28. The highest BCUT2D eigenvalue weighted by atomic mass is 79.9. The number of halogens is 2. The van der Waals surface area contributed by atoms with Gasteiger partial charge in [0, 0.05) is 11.0 Å². The van der Waals surface area contributed by atoms with Gasteiger partial charge >= 0.3 is 5.97 Å². The van der Waals surface area contributed by atoms with Gasteiger partial charge in [0.05, 0.1) is 20.6 Å². The molecule has 3 aromatic rings. The minimum absolute atomic E-state index is 0.120. The topological polar surface area (TPSA) is 79.2 Å². The van der Waals surface area contributed by atoms with Crippen molar-refractivity contribution in [2.75, 3.05) is 6.54 Å². The Morgan fingerprint density at radius 1 is 1.09 bits per heavy atom. The van der Waals surface area contributed by atoms with Gasteiger partial charge in [-0.25, -0.2) is 9.79 Å². The number of aliphatic imine (C=N–C) groups is 1. The normalized spacial score (nSPS) is 15.7. The zero-order valence-electron chi connectivity index (χ0n) is 18.6. The van der Waals surface area contributed by atoms with Crippen molar-refractivity contribution in [2.45, 2.75) is 13.5 Å².